The van der Waals surface area contributed by atoms with Gasteiger partial charge in [0, 0.05) is 11.8 Å². The van der Waals surface area contributed by atoms with Crippen LogP contribution in [0.5, 0.6) is 0 Å². The number of carbonyl (C=O) groups excluding carboxylic acids is 1. The second-order valence-electron chi connectivity index (χ2n) is 4.30. The monoisotopic (exact) mass is 318 g/mol. The SMILES string of the molecule is CS(=O)(=O)c1ccc(-c2ccc(C=O)o2)c(C(F)(F)F)c1. The van der Waals surface area contributed by atoms with E-state index in [-0.39, 0.29) is 17.1 Å². The van der Waals surface area contributed by atoms with Crippen LogP contribution in [0.25, 0.3) is 11.3 Å². The van der Waals surface area contributed by atoms with E-state index in [0.717, 1.165) is 18.4 Å². The first-order chi connectivity index (χ1) is 9.63. The topological polar surface area (TPSA) is 64.3 Å². The zero-order valence-corrected chi connectivity index (χ0v) is 11.5. The van der Waals surface area contributed by atoms with Gasteiger partial charge in [0.2, 0.25) is 0 Å². The van der Waals surface area contributed by atoms with E-state index < -0.39 is 26.5 Å². The lowest BCUT2D eigenvalue weighted by molar-refractivity contribution is -0.137. The van der Waals surface area contributed by atoms with Gasteiger partial charge in [-0.3, -0.25) is 4.79 Å². The molecule has 0 bridgehead atoms. The summed E-state index contributed by atoms with van der Waals surface area (Å²) < 4.78 is 67.0. The van der Waals surface area contributed by atoms with Crippen LogP contribution in [0.3, 0.4) is 0 Å². The molecular formula is C13H9F3O4S. The fourth-order valence-electron chi connectivity index (χ4n) is 1.76. The van der Waals surface area contributed by atoms with Gasteiger partial charge in [0.25, 0.3) is 0 Å². The highest BCUT2D eigenvalue weighted by Gasteiger charge is 2.35. The minimum absolute atomic E-state index is 0.120. The molecule has 21 heavy (non-hydrogen) atoms. The molecule has 0 aliphatic carbocycles. The molecule has 0 aliphatic rings. The average Bonchev–Trinajstić information content (AvgIpc) is 2.84. The quantitative estimate of drug-likeness (QED) is 0.815. The first-order valence-electron chi connectivity index (χ1n) is 5.59. The number of aldehydes is 1. The van der Waals surface area contributed by atoms with E-state index in [4.69, 9.17) is 4.42 Å². The van der Waals surface area contributed by atoms with Crippen molar-refractivity contribution in [3.63, 3.8) is 0 Å². The predicted octanol–water partition coefficient (Wildman–Crippen LogP) is 3.18. The highest BCUT2D eigenvalue weighted by atomic mass is 32.2. The summed E-state index contributed by atoms with van der Waals surface area (Å²) in [4.78, 5) is 10.1. The Morgan fingerprint density at radius 1 is 1.14 bits per heavy atom. The number of halogens is 3. The molecule has 0 saturated carbocycles. The Hall–Kier alpha value is -2.09. The Morgan fingerprint density at radius 3 is 2.29 bits per heavy atom. The van der Waals surface area contributed by atoms with Gasteiger partial charge in [0.1, 0.15) is 5.76 Å². The van der Waals surface area contributed by atoms with E-state index in [1.165, 1.54) is 12.1 Å². The molecule has 0 amide bonds. The summed E-state index contributed by atoms with van der Waals surface area (Å²) in [6.45, 7) is 0. The van der Waals surface area contributed by atoms with Gasteiger partial charge in [-0.15, -0.1) is 0 Å². The van der Waals surface area contributed by atoms with Crippen LogP contribution in [0.1, 0.15) is 16.1 Å². The second kappa shape index (κ2) is 5.03. The normalized spacial score (nSPS) is 12.4. The molecule has 1 aromatic carbocycles. The largest absolute Gasteiger partial charge is 0.453 e. The molecule has 0 radical (unpaired) electrons. The van der Waals surface area contributed by atoms with Crippen molar-refractivity contribution in [2.24, 2.45) is 0 Å². The van der Waals surface area contributed by atoms with Crippen LogP contribution < -0.4 is 0 Å². The van der Waals surface area contributed by atoms with Crippen LogP contribution in [-0.4, -0.2) is 21.0 Å². The number of sulfone groups is 1. The number of carbonyl (C=O) groups is 1. The second-order valence-corrected chi connectivity index (χ2v) is 6.31. The molecule has 0 aliphatic heterocycles. The van der Waals surface area contributed by atoms with Crippen molar-refractivity contribution in [2.45, 2.75) is 11.1 Å². The Morgan fingerprint density at radius 2 is 1.81 bits per heavy atom. The summed E-state index contributed by atoms with van der Waals surface area (Å²) in [6, 6.07) is 5.06. The molecule has 1 heterocycles. The Labute approximate surface area is 118 Å². The maximum atomic E-state index is 13.1. The number of rotatable bonds is 3. The van der Waals surface area contributed by atoms with Gasteiger partial charge in [-0.25, -0.2) is 8.42 Å². The van der Waals surface area contributed by atoms with Crippen LogP contribution >= 0.6 is 0 Å². The van der Waals surface area contributed by atoms with E-state index in [2.05, 4.69) is 0 Å². The molecule has 112 valence electrons. The first-order valence-corrected chi connectivity index (χ1v) is 7.49. The Kier molecular flexibility index (Phi) is 3.66. The maximum Gasteiger partial charge on any atom is 0.417 e. The molecule has 0 unspecified atom stereocenters. The zero-order valence-electron chi connectivity index (χ0n) is 10.6. The zero-order chi connectivity index (χ0) is 15.8. The van der Waals surface area contributed by atoms with Crippen molar-refractivity contribution in [3.05, 3.63) is 41.7 Å². The molecule has 0 spiro atoms. The van der Waals surface area contributed by atoms with E-state index in [1.54, 1.807) is 0 Å². The summed E-state index contributed by atoms with van der Waals surface area (Å²) in [7, 11) is -3.77. The van der Waals surface area contributed by atoms with Gasteiger partial charge in [0.05, 0.1) is 10.5 Å². The lowest BCUT2D eigenvalue weighted by Gasteiger charge is -2.12. The highest BCUT2D eigenvalue weighted by molar-refractivity contribution is 7.90. The lowest BCUT2D eigenvalue weighted by Crippen LogP contribution is -2.09. The molecule has 0 saturated heterocycles. The molecule has 4 nitrogen and oxygen atoms in total. The Bertz CT molecular complexity index is 788. The van der Waals surface area contributed by atoms with E-state index in [0.29, 0.717) is 12.4 Å². The summed E-state index contributed by atoms with van der Waals surface area (Å²) >= 11 is 0. The van der Waals surface area contributed by atoms with Crippen LogP contribution in [0.15, 0.2) is 39.6 Å². The van der Waals surface area contributed by atoms with Crippen LogP contribution in [0, 0.1) is 0 Å². The number of alkyl halides is 3. The molecular weight excluding hydrogens is 309 g/mol. The molecule has 8 heteroatoms. The molecule has 0 fully saturated rings. The number of furan rings is 1. The lowest BCUT2D eigenvalue weighted by atomic mass is 10.1. The minimum Gasteiger partial charge on any atom is -0.453 e. The van der Waals surface area contributed by atoms with Crippen molar-refractivity contribution in [3.8, 4) is 11.3 Å². The van der Waals surface area contributed by atoms with Crippen molar-refractivity contribution < 1.29 is 30.8 Å². The molecule has 1 aromatic heterocycles. The molecule has 2 aromatic rings. The fraction of sp³-hybridized carbons (Fsp3) is 0.154. The third-order valence-corrected chi connectivity index (χ3v) is 3.84. The number of hydrogen-bond acceptors (Lipinski definition) is 4. The number of hydrogen-bond donors (Lipinski definition) is 0. The van der Waals surface area contributed by atoms with Crippen LogP contribution in [0.4, 0.5) is 13.2 Å². The van der Waals surface area contributed by atoms with Gasteiger partial charge in [-0.1, -0.05) is 0 Å². The van der Waals surface area contributed by atoms with E-state index in [9.17, 15) is 26.4 Å². The predicted molar refractivity (Wildman–Crippen MR) is 67.6 cm³/mol. The summed E-state index contributed by atoms with van der Waals surface area (Å²) in [5, 5.41) is 0. The minimum atomic E-state index is -4.76. The van der Waals surface area contributed by atoms with Gasteiger partial charge in [-0.05, 0) is 30.3 Å². The van der Waals surface area contributed by atoms with Gasteiger partial charge < -0.3 is 4.42 Å². The average molecular weight is 318 g/mol. The van der Waals surface area contributed by atoms with E-state index in [1.807, 2.05) is 0 Å². The highest BCUT2D eigenvalue weighted by Crippen LogP contribution is 2.38. The van der Waals surface area contributed by atoms with Crippen molar-refractivity contribution in [1.29, 1.82) is 0 Å². The first kappa shape index (κ1) is 15.3. The molecule has 2 rings (SSSR count). The maximum absolute atomic E-state index is 13.1. The molecule has 0 atom stereocenters. The Balaban J connectivity index is 2.69. The summed E-state index contributed by atoms with van der Waals surface area (Å²) in [6.07, 6.45) is -3.58. The van der Waals surface area contributed by atoms with Crippen LogP contribution in [-0.2, 0) is 16.0 Å². The van der Waals surface area contributed by atoms with Crippen LogP contribution in [0.2, 0.25) is 0 Å². The van der Waals surface area contributed by atoms with Gasteiger partial charge >= 0.3 is 6.18 Å². The molecule has 0 N–H and O–H groups in total. The number of benzene rings is 1. The smallest absolute Gasteiger partial charge is 0.417 e. The third-order valence-electron chi connectivity index (χ3n) is 2.73. The third kappa shape index (κ3) is 3.15. The standard InChI is InChI=1S/C13H9F3O4S/c1-21(18,19)9-3-4-10(11(6-9)13(14,15)16)12-5-2-8(7-17)20-12/h2-7H,1H3. The summed E-state index contributed by atoms with van der Waals surface area (Å²) in [5.41, 5.74) is -1.47. The van der Waals surface area contributed by atoms with Crippen molar-refractivity contribution >= 4 is 16.1 Å². The van der Waals surface area contributed by atoms with Crippen molar-refractivity contribution in [2.75, 3.05) is 6.26 Å². The van der Waals surface area contributed by atoms with Crippen molar-refractivity contribution in [1.82, 2.24) is 0 Å². The van der Waals surface area contributed by atoms with Gasteiger partial charge in [0.15, 0.2) is 21.9 Å². The fourth-order valence-corrected chi connectivity index (χ4v) is 2.41. The van der Waals surface area contributed by atoms with Gasteiger partial charge in [-0.2, -0.15) is 13.2 Å². The van der Waals surface area contributed by atoms with E-state index >= 15 is 0 Å². The summed E-state index contributed by atoms with van der Waals surface area (Å²) in [5.74, 6) is -0.283.